The zero-order valence-corrected chi connectivity index (χ0v) is 17.1. The molecule has 0 aromatic heterocycles. The number of sulfonamides is 1. The number of carbonyl (C=O) groups excluding carboxylic acids is 1. The molecule has 0 saturated carbocycles. The lowest BCUT2D eigenvalue weighted by Gasteiger charge is -2.18. The first kappa shape index (κ1) is 20.4. The second-order valence-corrected chi connectivity index (χ2v) is 9.02. The van der Waals surface area contributed by atoms with Gasteiger partial charge in [0.1, 0.15) is 6.04 Å². The van der Waals surface area contributed by atoms with Crippen molar-refractivity contribution in [3.63, 3.8) is 0 Å². The van der Waals surface area contributed by atoms with Gasteiger partial charge in [-0.05, 0) is 53.5 Å². The molecule has 0 unspecified atom stereocenters. The molecule has 3 aromatic carbocycles. The maximum absolute atomic E-state index is 12.8. The van der Waals surface area contributed by atoms with Crippen molar-refractivity contribution in [1.29, 1.82) is 0 Å². The Bertz CT molecular complexity index is 1050. The van der Waals surface area contributed by atoms with E-state index in [-0.39, 0.29) is 10.8 Å². The Morgan fingerprint density at radius 2 is 1.64 bits per heavy atom. The fourth-order valence-electron chi connectivity index (χ4n) is 2.83. The molecule has 0 spiro atoms. The van der Waals surface area contributed by atoms with Crippen LogP contribution in [0.25, 0.3) is 10.8 Å². The van der Waals surface area contributed by atoms with Crippen LogP contribution < -0.4 is 10.0 Å². The minimum Gasteiger partial charge on any atom is -0.325 e. The zero-order chi connectivity index (χ0) is 20.0. The lowest BCUT2D eigenvalue weighted by molar-refractivity contribution is -0.117. The summed E-state index contributed by atoms with van der Waals surface area (Å²) in [6.45, 7) is 0. The normalized spacial score (nSPS) is 12.6. The molecule has 0 aliphatic carbocycles. The SMILES string of the molecule is CSCC[C@@H](NS(=O)(=O)c1ccccc1)C(=O)Nc1ccc2ccccc2c1. The summed E-state index contributed by atoms with van der Waals surface area (Å²) in [5, 5.41) is 4.92. The molecule has 1 amide bonds. The van der Waals surface area contributed by atoms with Crippen LogP contribution in [0.2, 0.25) is 0 Å². The number of nitrogens with one attached hydrogen (secondary N) is 2. The number of thioether (sulfide) groups is 1. The molecule has 3 aromatic rings. The van der Waals surface area contributed by atoms with Crippen molar-refractivity contribution >= 4 is 44.2 Å². The summed E-state index contributed by atoms with van der Waals surface area (Å²) in [5.74, 6) is 0.288. The Labute approximate surface area is 169 Å². The summed E-state index contributed by atoms with van der Waals surface area (Å²) in [6.07, 6.45) is 2.32. The summed E-state index contributed by atoms with van der Waals surface area (Å²) in [4.78, 5) is 13.0. The van der Waals surface area contributed by atoms with Crippen LogP contribution in [0.15, 0.2) is 77.7 Å². The Morgan fingerprint density at radius 3 is 2.36 bits per heavy atom. The van der Waals surface area contributed by atoms with Gasteiger partial charge in [-0.2, -0.15) is 16.5 Å². The van der Waals surface area contributed by atoms with E-state index in [2.05, 4.69) is 10.0 Å². The van der Waals surface area contributed by atoms with Crippen molar-refractivity contribution in [3.8, 4) is 0 Å². The number of anilines is 1. The molecule has 5 nitrogen and oxygen atoms in total. The van der Waals surface area contributed by atoms with Crippen LogP contribution in [-0.2, 0) is 14.8 Å². The van der Waals surface area contributed by atoms with Gasteiger partial charge in [-0.15, -0.1) is 0 Å². The molecule has 3 rings (SSSR count). The van der Waals surface area contributed by atoms with Crippen LogP contribution in [0.3, 0.4) is 0 Å². The van der Waals surface area contributed by atoms with Gasteiger partial charge < -0.3 is 5.32 Å². The third kappa shape index (κ3) is 5.13. The van der Waals surface area contributed by atoms with Gasteiger partial charge in [0.15, 0.2) is 0 Å². The van der Waals surface area contributed by atoms with E-state index in [4.69, 9.17) is 0 Å². The Kier molecular flexibility index (Phi) is 6.72. The molecule has 0 saturated heterocycles. The number of fused-ring (bicyclic) bond motifs is 1. The van der Waals surface area contributed by atoms with Gasteiger partial charge in [0, 0.05) is 5.69 Å². The van der Waals surface area contributed by atoms with Crippen molar-refractivity contribution in [2.45, 2.75) is 17.4 Å². The van der Waals surface area contributed by atoms with Crippen LogP contribution in [0.1, 0.15) is 6.42 Å². The summed E-state index contributed by atoms with van der Waals surface area (Å²) >= 11 is 1.56. The van der Waals surface area contributed by atoms with E-state index >= 15 is 0 Å². The van der Waals surface area contributed by atoms with Crippen LogP contribution in [0.4, 0.5) is 5.69 Å². The Morgan fingerprint density at radius 1 is 0.964 bits per heavy atom. The molecule has 0 heterocycles. The highest BCUT2D eigenvalue weighted by molar-refractivity contribution is 7.98. The first-order chi connectivity index (χ1) is 13.5. The molecular weight excluding hydrogens is 392 g/mol. The highest BCUT2D eigenvalue weighted by Crippen LogP contribution is 2.19. The molecule has 146 valence electrons. The van der Waals surface area contributed by atoms with Crippen LogP contribution in [0, 0.1) is 0 Å². The van der Waals surface area contributed by atoms with Crippen molar-refractivity contribution in [2.24, 2.45) is 0 Å². The minimum absolute atomic E-state index is 0.141. The lowest BCUT2D eigenvalue weighted by Crippen LogP contribution is -2.44. The summed E-state index contributed by atoms with van der Waals surface area (Å²) in [6, 6.07) is 20.7. The van der Waals surface area contributed by atoms with Crippen molar-refractivity contribution < 1.29 is 13.2 Å². The molecule has 0 bridgehead atoms. The van der Waals surface area contributed by atoms with Crippen molar-refractivity contribution in [2.75, 3.05) is 17.3 Å². The third-order valence-corrected chi connectivity index (χ3v) is 6.43. The van der Waals surface area contributed by atoms with Gasteiger partial charge in [-0.1, -0.05) is 48.5 Å². The first-order valence-electron chi connectivity index (χ1n) is 8.85. The number of hydrogen-bond donors (Lipinski definition) is 2. The number of hydrogen-bond acceptors (Lipinski definition) is 4. The highest BCUT2D eigenvalue weighted by atomic mass is 32.2. The van der Waals surface area contributed by atoms with Crippen LogP contribution >= 0.6 is 11.8 Å². The van der Waals surface area contributed by atoms with E-state index in [0.717, 1.165) is 10.8 Å². The van der Waals surface area contributed by atoms with E-state index < -0.39 is 16.1 Å². The zero-order valence-electron chi connectivity index (χ0n) is 15.5. The van der Waals surface area contributed by atoms with Gasteiger partial charge in [0.2, 0.25) is 15.9 Å². The predicted octanol–water partition coefficient (Wildman–Crippen LogP) is 3.88. The molecule has 7 heteroatoms. The maximum Gasteiger partial charge on any atom is 0.242 e. The van der Waals surface area contributed by atoms with Gasteiger partial charge in [-0.25, -0.2) is 8.42 Å². The van der Waals surface area contributed by atoms with Gasteiger partial charge in [0.05, 0.1) is 4.90 Å². The smallest absolute Gasteiger partial charge is 0.242 e. The second-order valence-electron chi connectivity index (χ2n) is 6.32. The fourth-order valence-corrected chi connectivity index (χ4v) is 4.55. The molecule has 0 radical (unpaired) electrons. The maximum atomic E-state index is 12.8. The summed E-state index contributed by atoms with van der Waals surface area (Å²) in [7, 11) is -3.78. The van der Waals surface area contributed by atoms with Crippen molar-refractivity contribution in [1.82, 2.24) is 4.72 Å². The van der Waals surface area contributed by atoms with E-state index in [1.807, 2.05) is 48.7 Å². The van der Waals surface area contributed by atoms with Crippen molar-refractivity contribution in [3.05, 3.63) is 72.8 Å². The monoisotopic (exact) mass is 414 g/mol. The topological polar surface area (TPSA) is 75.3 Å². The second kappa shape index (κ2) is 9.23. The number of carbonyl (C=O) groups is 1. The third-order valence-electron chi connectivity index (χ3n) is 4.30. The molecule has 28 heavy (non-hydrogen) atoms. The highest BCUT2D eigenvalue weighted by Gasteiger charge is 2.25. The first-order valence-corrected chi connectivity index (χ1v) is 11.7. The number of benzene rings is 3. The molecule has 0 aliphatic rings. The van der Waals surface area contributed by atoms with Gasteiger partial charge in [-0.3, -0.25) is 4.79 Å². The number of amides is 1. The van der Waals surface area contributed by atoms with E-state index in [1.165, 1.54) is 12.1 Å². The van der Waals surface area contributed by atoms with Gasteiger partial charge in [0.25, 0.3) is 0 Å². The molecule has 0 fully saturated rings. The average molecular weight is 415 g/mol. The van der Waals surface area contributed by atoms with E-state index in [9.17, 15) is 13.2 Å². The molecule has 1 atom stereocenters. The average Bonchev–Trinajstić information content (AvgIpc) is 2.71. The number of rotatable bonds is 8. The lowest BCUT2D eigenvalue weighted by atomic mass is 10.1. The van der Waals surface area contributed by atoms with E-state index in [0.29, 0.717) is 17.9 Å². The standard InChI is InChI=1S/C21H22N2O3S2/c1-27-14-13-20(23-28(25,26)19-9-3-2-4-10-19)21(24)22-18-12-11-16-7-5-6-8-17(16)15-18/h2-12,15,20,23H,13-14H2,1H3,(H,22,24)/t20-/m1/s1. The van der Waals surface area contributed by atoms with Gasteiger partial charge >= 0.3 is 0 Å². The Balaban J connectivity index is 1.79. The quantitative estimate of drug-likeness (QED) is 0.587. The van der Waals surface area contributed by atoms with Crippen LogP contribution in [0.5, 0.6) is 0 Å². The summed E-state index contributed by atoms with van der Waals surface area (Å²) in [5.41, 5.74) is 0.636. The minimum atomic E-state index is -3.78. The van der Waals surface area contributed by atoms with E-state index in [1.54, 1.807) is 30.0 Å². The Hall–Kier alpha value is -2.35. The molecule has 2 N–H and O–H groups in total. The molecular formula is C21H22N2O3S2. The fraction of sp³-hybridized carbons (Fsp3) is 0.190. The molecule has 0 aliphatic heterocycles. The largest absolute Gasteiger partial charge is 0.325 e. The predicted molar refractivity (Wildman–Crippen MR) is 116 cm³/mol. The summed E-state index contributed by atoms with van der Waals surface area (Å²) < 4.78 is 27.8. The van der Waals surface area contributed by atoms with Crippen LogP contribution in [-0.4, -0.2) is 32.4 Å².